The van der Waals surface area contributed by atoms with Crippen LogP contribution in [0.2, 0.25) is 0 Å². The van der Waals surface area contributed by atoms with Crippen molar-refractivity contribution in [1.29, 1.82) is 0 Å². The van der Waals surface area contributed by atoms with E-state index >= 15 is 0 Å². The molecule has 4 unspecified atom stereocenters. The van der Waals surface area contributed by atoms with Crippen molar-refractivity contribution in [2.24, 2.45) is 23.7 Å². The van der Waals surface area contributed by atoms with Crippen LogP contribution in [0, 0.1) is 23.7 Å². The van der Waals surface area contributed by atoms with Gasteiger partial charge in [0, 0.05) is 14.2 Å². The van der Waals surface area contributed by atoms with Gasteiger partial charge < -0.3 is 9.47 Å². The topological polar surface area (TPSA) is 18.5 Å². The van der Waals surface area contributed by atoms with E-state index in [1.165, 1.54) is 141 Å². The quantitative estimate of drug-likeness (QED) is 0.419. The van der Waals surface area contributed by atoms with Crippen LogP contribution in [-0.4, -0.2) is 26.4 Å². The van der Waals surface area contributed by atoms with Gasteiger partial charge >= 0.3 is 0 Å². The molecule has 3 fully saturated rings. The Morgan fingerprint density at radius 1 is 0.312 bits per heavy atom. The Bertz CT molecular complexity index is 386. The van der Waals surface area contributed by atoms with Crippen LogP contribution in [-0.2, 0) is 9.47 Å². The summed E-state index contributed by atoms with van der Waals surface area (Å²) < 4.78 is 12.2. The molecule has 188 valence electrons. The highest BCUT2D eigenvalue weighted by atomic mass is 16.5. The largest absolute Gasteiger partial charge is 0.381 e. The lowest BCUT2D eigenvalue weighted by molar-refractivity contribution is -0.0276. The van der Waals surface area contributed by atoms with Gasteiger partial charge in [0.15, 0.2) is 0 Å². The van der Waals surface area contributed by atoms with Crippen LogP contribution >= 0.6 is 0 Å². The number of rotatable bonds is 2. The molecule has 0 aliphatic heterocycles. The fourth-order valence-electron chi connectivity index (χ4n) is 7.76. The first-order chi connectivity index (χ1) is 15.8. The van der Waals surface area contributed by atoms with Crippen molar-refractivity contribution in [3.8, 4) is 0 Å². The van der Waals surface area contributed by atoms with Crippen LogP contribution in [0.3, 0.4) is 0 Å². The van der Waals surface area contributed by atoms with Gasteiger partial charge in [0.25, 0.3) is 0 Å². The lowest BCUT2D eigenvalue weighted by Crippen LogP contribution is -2.35. The van der Waals surface area contributed by atoms with Gasteiger partial charge in [0.1, 0.15) is 0 Å². The van der Waals surface area contributed by atoms with E-state index in [0.717, 1.165) is 23.7 Å². The third-order valence-corrected chi connectivity index (χ3v) is 9.50. The first-order valence-electron chi connectivity index (χ1n) is 14.9. The smallest absolute Gasteiger partial charge is 0.0627 e. The molecule has 0 aromatic rings. The Morgan fingerprint density at radius 2 is 0.531 bits per heavy atom. The second kappa shape index (κ2) is 15.8. The van der Waals surface area contributed by atoms with Gasteiger partial charge in [-0.15, -0.1) is 0 Å². The lowest BCUT2D eigenvalue weighted by Gasteiger charge is -2.38. The minimum atomic E-state index is 0.551. The molecule has 3 aliphatic carbocycles. The first-order valence-corrected chi connectivity index (χ1v) is 14.9. The molecule has 0 aromatic carbocycles. The van der Waals surface area contributed by atoms with Crippen molar-refractivity contribution in [2.45, 2.75) is 153 Å². The number of fused-ring (bicyclic) bond motifs is 4. The van der Waals surface area contributed by atoms with Crippen LogP contribution in [0.25, 0.3) is 0 Å². The second-order valence-corrected chi connectivity index (χ2v) is 11.7. The molecule has 32 heavy (non-hydrogen) atoms. The predicted octanol–water partition coefficient (Wildman–Crippen LogP) is 9.10. The standard InChI is InChI=1S/C30H56O2/c1-31-29-25-17-11-7-3-5-9-13-19-27-23-16-24-28(30(27)32-2)20-14-10-6-4-8-12-18-26(29)22-15-21-25/h25-30H,3-24H2,1-2H3. The van der Waals surface area contributed by atoms with Crippen LogP contribution < -0.4 is 0 Å². The van der Waals surface area contributed by atoms with E-state index in [-0.39, 0.29) is 0 Å². The minimum absolute atomic E-state index is 0.551. The highest BCUT2D eigenvalue weighted by Crippen LogP contribution is 2.39. The molecule has 3 saturated carbocycles. The summed E-state index contributed by atoms with van der Waals surface area (Å²) in [5.74, 6) is 3.34. The van der Waals surface area contributed by atoms with Crippen molar-refractivity contribution in [3.63, 3.8) is 0 Å². The summed E-state index contributed by atoms with van der Waals surface area (Å²) in [5, 5.41) is 0. The number of ether oxygens (including phenoxy) is 2. The van der Waals surface area contributed by atoms with Gasteiger partial charge in [-0.25, -0.2) is 0 Å². The molecule has 3 rings (SSSR count). The molecule has 2 heteroatoms. The van der Waals surface area contributed by atoms with Crippen molar-refractivity contribution >= 4 is 0 Å². The zero-order chi connectivity index (χ0) is 22.4. The van der Waals surface area contributed by atoms with Gasteiger partial charge in [0.2, 0.25) is 0 Å². The molecule has 0 saturated heterocycles. The molecular formula is C30H56O2. The maximum absolute atomic E-state index is 6.10. The number of hydrogen-bond donors (Lipinski definition) is 0. The molecule has 0 aromatic heterocycles. The zero-order valence-corrected chi connectivity index (χ0v) is 21.8. The summed E-state index contributed by atoms with van der Waals surface area (Å²) in [7, 11) is 3.98. The zero-order valence-electron chi connectivity index (χ0n) is 21.8. The fraction of sp³-hybridized carbons (Fsp3) is 1.00. The number of hydrogen-bond acceptors (Lipinski definition) is 2. The van der Waals surface area contributed by atoms with Crippen LogP contribution in [0.5, 0.6) is 0 Å². The fourth-order valence-corrected chi connectivity index (χ4v) is 7.76. The third kappa shape index (κ3) is 8.61. The minimum Gasteiger partial charge on any atom is -0.381 e. The second-order valence-electron chi connectivity index (χ2n) is 11.7. The molecule has 0 spiro atoms. The van der Waals surface area contributed by atoms with E-state index in [1.807, 2.05) is 14.2 Å². The maximum Gasteiger partial charge on any atom is 0.0627 e. The van der Waals surface area contributed by atoms with Crippen molar-refractivity contribution in [1.82, 2.24) is 0 Å². The van der Waals surface area contributed by atoms with Crippen LogP contribution in [0.1, 0.15) is 141 Å². The number of methoxy groups -OCH3 is 2. The van der Waals surface area contributed by atoms with Crippen molar-refractivity contribution in [3.05, 3.63) is 0 Å². The molecule has 0 amide bonds. The van der Waals surface area contributed by atoms with E-state index < -0.39 is 0 Å². The summed E-state index contributed by atoms with van der Waals surface area (Å²) in [4.78, 5) is 0. The first kappa shape index (κ1) is 26.5. The summed E-state index contributed by atoms with van der Waals surface area (Å²) in [6.07, 6.45) is 32.5. The van der Waals surface area contributed by atoms with E-state index in [2.05, 4.69) is 0 Å². The Labute approximate surface area is 201 Å². The van der Waals surface area contributed by atoms with Gasteiger partial charge in [-0.2, -0.15) is 0 Å². The summed E-state index contributed by atoms with van der Waals surface area (Å²) >= 11 is 0. The molecular weight excluding hydrogens is 392 g/mol. The Kier molecular flexibility index (Phi) is 13.1. The van der Waals surface area contributed by atoms with Crippen molar-refractivity contribution in [2.75, 3.05) is 14.2 Å². The van der Waals surface area contributed by atoms with Crippen LogP contribution in [0.4, 0.5) is 0 Å². The average molecular weight is 449 g/mol. The predicted molar refractivity (Wildman–Crippen MR) is 137 cm³/mol. The van der Waals surface area contributed by atoms with Crippen LogP contribution in [0.15, 0.2) is 0 Å². The lowest BCUT2D eigenvalue weighted by atomic mass is 9.74. The highest BCUT2D eigenvalue weighted by Gasteiger charge is 2.33. The normalized spacial score (nSPS) is 37.7. The molecule has 3 aliphatic rings. The molecule has 0 radical (unpaired) electrons. The molecule has 0 N–H and O–H groups in total. The van der Waals surface area contributed by atoms with E-state index in [0.29, 0.717) is 12.2 Å². The van der Waals surface area contributed by atoms with Gasteiger partial charge in [0.05, 0.1) is 12.2 Å². The molecule has 0 heterocycles. The Hall–Kier alpha value is -0.0800. The third-order valence-electron chi connectivity index (χ3n) is 9.50. The summed E-state index contributed by atoms with van der Waals surface area (Å²) in [6, 6.07) is 0. The highest BCUT2D eigenvalue weighted by molar-refractivity contribution is 4.84. The summed E-state index contributed by atoms with van der Waals surface area (Å²) in [6.45, 7) is 0. The monoisotopic (exact) mass is 448 g/mol. The average Bonchev–Trinajstić information content (AvgIpc) is 2.82. The Morgan fingerprint density at radius 3 is 0.781 bits per heavy atom. The maximum atomic E-state index is 6.10. The van der Waals surface area contributed by atoms with E-state index in [4.69, 9.17) is 9.47 Å². The summed E-state index contributed by atoms with van der Waals surface area (Å²) in [5.41, 5.74) is 0. The SMILES string of the molecule is COC1C2CCCCCCCCC3CCCC(CCCCCCCCC1CCC2)C3OC. The van der Waals surface area contributed by atoms with Gasteiger partial charge in [-0.05, 0) is 75.0 Å². The molecule has 4 atom stereocenters. The van der Waals surface area contributed by atoms with E-state index in [1.54, 1.807) is 0 Å². The van der Waals surface area contributed by atoms with Gasteiger partial charge in [-0.3, -0.25) is 0 Å². The van der Waals surface area contributed by atoms with E-state index in [9.17, 15) is 0 Å². The Balaban J connectivity index is 1.48. The van der Waals surface area contributed by atoms with Gasteiger partial charge in [-0.1, -0.05) is 89.9 Å². The van der Waals surface area contributed by atoms with Crippen molar-refractivity contribution < 1.29 is 9.47 Å². The molecule has 2 nitrogen and oxygen atoms in total. The molecule has 4 bridgehead atoms.